The van der Waals surface area contributed by atoms with E-state index >= 15 is 0 Å². The fraction of sp³-hybridized carbons (Fsp3) is 0.179. The summed E-state index contributed by atoms with van der Waals surface area (Å²) in [6, 6.07) is 22.1. The molecular formula is C28H22N2O5S. The maximum atomic E-state index is 13.5. The molecule has 36 heavy (non-hydrogen) atoms. The van der Waals surface area contributed by atoms with Gasteiger partial charge in [-0.2, -0.15) is 0 Å². The van der Waals surface area contributed by atoms with Gasteiger partial charge in [0.2, 0.25) is 18.5 Å². The molecular weight excluding hydrogens is 476 g/mol. The van der Waals surface area contributed by atoms with Crippen LogP contribution in [0.2, 0.25) is 0 Å². The van der Waals surface area contributed by atoms with Gasteiger partial charge in [0.25, 0.3) is 0 Å². The third-order valence-electron chi connectivity index (χ3n) is 6.56. The molecule has 2 heterocycles. The fourth-order valence-electron chi connectivity index (χ4n) is 4.38. The molecule has 180 valence electrons. The second-order valence-corrected chi connectivity index (χ2v) is 9.72. The highest BCUT2D eigenvalue weighted by atomic mass is 32.1. The number of hydrogen-bond donors (Lipinski definition) is 1. The number of nitrogens with one attached hydrogen (secondary N) is 1. The molecule has 2 aliphatic rings. The molecule has 0 radical (unpaired) electrons. The molecule has 0 bridgehead atoms. The molecule has 1 fully saturated rings. The van der Waals surface area contributed by atoms with Gasteiger partial charge in [-0.3, -0.25) is 9.59 Å². The predicted octanol–water partition coefficient (Wildman–Crippen LogP) is 5.45. The van der Waals surface area contributed by atoms with Crippen molar-refractivity contribution in [3.8, 4) is 28.5 Å². The second-order valence-electron chi connectivity index (χ2n) is 8.72. The molecule has 0 saturated heterocycles. The van der Waals surface area contributed by atoms with E-state index in [2.05, 4.69) is 10.3 Å². The maximum absolute atomic E-state index is 13.5. The molecule has 8 heteroatoms. The van der Waals surface area contributed by atoms with Crippen LogP contribution >= 0.6 is 11.3 Å². The first kappa shape index (κ1) is 22.3. The van der Waals surface area contributed by atoms with Crippen molar-refractivity contribution in [3.05, 3.63) is 88.8 Å². The highest BCUT2D eigenvalue weighted by Gasteiger charge is 2.52. The first-order valence-corrected chi connectivity index (χ1v) is 12.4. The first-order valence-electron chi connectivity index (χ1n) is 11.5. The third kappa shape index (κ3) is 3.89. The number of ether oxygens (including phenoxy) is 3. The Bertz CT molecular complexity index is 1460. The molecule has 1 saturated carbocycles. The number of aromatic nitrogens is 1. The summed E-state index contributed by atoms with van der Waals surface area (Å²) in [5, 5.41) is 3.38. The van der Waals surface area contributed by atoms with E-state index in [1.807, 2.05) is 48.5 Å². The molecule has 1 aliphatic carbocycles. The Labute approximate surface area is 211 Å². The van der Waals surface area contributed by atoms with Crippen LogP contribution in [-0.4, -0.2) is 30.6 Å². The molecule has 0 unspecified atom stereocenters. The number of thiazole rings is 1. The van der Waals surface area contributed by atoms with E-state index in [1.54, 1.807) is 31.4 Å². The zero-order chi connectivity index (χ0) is 24.7. The van der Waals surface area contributed by atoms with Crippen molar-refractivity contribution in [2.75, 3.05) is 19.2 Å². The van der Waals surface area contributed by atoms with Crippen LogP contribution in [0.25, 0.3) is 11.3 Å². The van der Waals surface area contributed by atoms with Crippen molar-refractivity contribution >= 4 is 28.2 Å². The van der Waals surface area contributed by atoms with E-state index in [9.17, 15) is 9.59 Å². The highest BCUT2D eigenvalue weighted by Crippen LogP contribution is 2.51. The monoisotopic (exact) mass is 498 g/mol. The summed E-state index contributed by atoms with van der Waals surface area (Å²) in [6.45, 7) is 0.185. The Balaban J connectivity index is 1.32. The Morgan fingerprint density at radius 3 is 2.44 bits per heavy atom. The molecule has 0 atom stereocenters. The minimum Gasteiger partial charge on any atom is -0.497 e. The average Bonchev–Trinajstić information content (AvgIpc) is 3.42. The number of fused-ring (bicyclic) bond motifs is 1. The van der Waals surface area contributed by atoms with E-state index in [0.717, 1.165) is 24.0 Å². The van der Waals surface area contributed by atoms with Gasteiger partial charge in [-0.25, -0.2) is 4.98 Å². The summed E-state index contributed by atoms with van der Waals surface area (Å²) in [4.78, 5) is 32.1. The smallest absolute Gasteiger partial charge is 0.236 e. The minimum absolute atomic E-state index is 0.141. The number of anilines is 1. The predicted molar refractivity (Wildman–Crippen MR) is 136 cm³/mol. The highest BCUT2D eigenvalue weighted by molar-refractivity contribution is 7.18. The summed E-state index contributed by atoms with van der Waals surface area (Å²) in [5.41, 5.74) is 2.12. The van der Waals surface area contributed by atoms with Gasteiger partial charge in [0.15, 0.2) is 16.6 Å². The third-order valence-corrected chi connectivity index (χ3v) is 7.53. The standard InChI is InChI=1S/C28H22N2O5S/c1-33-20-10-7-18(8-11-20)24(31)25-23(17-5-3-2-4-6-17)29-27(36-25)30-26(32)28(13-14-28)19-9-12-21-22(15-19)35-16-34-21/h2-12,15H,13-14,16H2,1H3,(H,29,30,32). The molecule has 0 spiro atoms. The number of rotatable bonds is 7. The molecule has 1 amide bonds. The Morgan fingerprint density at radius 2 is 1.72 bits per heavy atom. The lowest BCUT2D eigenvalue weighted by molar-refractivity contribution is -0.118. The van der Waals surface area contributed by atoms with Gasteiger partial charge in [-0.1, -0.05) is 47.7 Å². The summed E-state index contributed by atoms with van der Waals surface area (Å²) in [5.74, 6) is 1.71. The number of hydrogen-bond acceptors (Lipinski definition) is 7. The summed E-state index contributed by atoms with van der Waals surface area (Å²) in [7, 11) is 1.58. The lowest BCUT2D eigenvalue weighted by atomic mass is 9.94. The molecule has 1 N–H and O–H groups in total. The summed E-state index contributed by atoms with van der Waals surface area (Å²) < 4.78 is 16.1. The van der Waals surface area contributed by atoms with Crippen molar-refractivity contribution in [1.82, 2.24) is 4.98 Å². The van der Waals surface area contributed by atoms with Gasteiger partial charge in [-0.15, -0.1) is 0 Å². The number of carbonyl (C=O) groups is 2. The van der Waals surface area contributed by atoms with Gasteiger partial charge in [0, 0.05) is 11.1 Å². The largest absolute Gasteiger partial charge is 0.497 e. The molecule has 7 nitrogen and oxygen atoms in total. The van der Waals surface area contributed by atoms with Crippen molar-refractivity contribution < 1.29 is 23.8 Å². The van der Waals surface area contributed by atoms with Crippen molar-refractivity contribution in [2.45, 2.75) is 18.3 Å². The van der Waals surface area contributed by atoms with Crippen LogP contribution in [0.1, 0.15) is 33.6 Å². The van der Waals surface area contributed by atoms with Crippen LogP contribution < -0.4 is 19.5 Å². The zero-order valence-corrected chi connectivity index (χ0v) is 20.3. The van der Waals surface area contributed by atoms with E-state index < -0.39 is 5.41 Å². The van der Waals surface area contributed by atoms with Crippen molar-refractivity contribution in [2.24, 2.45) is 0 Å². The molecule has 1 aliphatic heterocycles. The Hall–Kier alpha value is -4.17. The first-order chi connectivity index (χ1) is 17.6. The van der Waals surface area contributed by atoms with E-state index in [-0.39, 0.29) is 18.5 Å². The van der Waals surface area contributed by atoms with Gasteiger partial charge in [0.05, 0.1) is 18.2 Å². The van der Waals surface area contributed by atoms with Crippen molar-refractivity contribution in [1.29, 1.82) is 0 Å². The van der Waals surface area contributed by atoms with E-state index in [1.165, 1.54) is 11.3 Å². The number of ketones is 1. The van der Waals surface area contributed by atoms with E-state index in [0.29, 0.717) is 38.5 Å². The Kier molecular flexibility index (Phi) is 5.45. The minimum atomic E-state index is -0.639. The average molecular weight is 499 g/mol. The number of nitrogens with zero attached hydrogens (tertiary/aromatic N) is 1. The lowest BCUT2D eigenvalue weighted by Crippen LogP contribution is -2.27. The fourth-order valence-corrected chi connectivity index (χ4v) is 5.32. The van der Waals surface area contributed by atoms with E-state index in [4.69, 9.17) is 14.2 Å². The summed E-state index contributed by atoms with van der Waals surface area (Å²) >= 11 is 1.19. The van der Waals surface area contributed by atoms with Gasteiger partial charge in [0.1, 0.15) is 10.6 Å². The Morgan fingerprint density at radius 1 is 0.972 bits per heavy atom. The quantitative estimate of drug-likeness (QED) is 0.341. The van der Waals surface area contributed by atoms with Crippen LogP contribution in [0.15, 0.2) is 72.8 Å². The van der Waals surface area contributed by atoms with Gasteiger partial charge in [-0.05, 0) is 54.8 Å². The molecule has 3 aromatic carbocycles. The van der Waals surface area contributed by atoms with Crippen molar-refractivity contribution in [3.63, 3.8) is 0 Å². The molecule has 4 aromatic rings. The molecule has 6 rings (SSSR count). The maximum Gasteiger partial charge on any atom is 0.236 e. The number of amides is 1. The number of methoxy groups -OCH3 is 1. The van der Waals surface area contributed by atoms with Crippen LogP contribution in [0.3, 0.4) is 0 Å². The zero-order valence-electron chi connectivity index (χ0n) is 19.4. The van der Waals surface area contributed by atoms with Crippen LogP contribution in [0, 0.1) is 0 Å². The van der Waals surface area contributed by atoms with Crippen LogP contribution in [0.5, 0.6) is 17.2 Å². The van der Waals surface area contributed by atoms with Crippen LogP contribution in [-0.2, 0) is 10.2 Å². The lowest BCUT2D eigenvalue weighted by Gasteiger charge is -2.15. The second kappa shape index (κ2) is 8.80. The normalized spacial score (nSPS) is 14.8. The van der Waals surface area contributed by atoms with Crippen LogP contribution in [0.4, 0.5) is 5.13 Å². The SMILES string of the molecule is COc1ccc(C(=O)c2sc(NC(=O)C3(c4ccc5c(c4)OCO5)CC3)nc2-c2ccccc2)cc1. The van der Waals surface area contributed by atoms with Gasteiger partial charge >= 0.3 is 0 Å². The number of benzene rings is 3. The number of carbonyl (C=O) groups excluding carboxylic acids is 2. The molecule has 1 aromatic heterocycles. The summed E-state index contributed by atoms with van der Waals surface area (Å²) in [6.07, 6.45) is 1.46. The van der Waals surface area contributed by atoms with Gasteiger partial charge < -0.3 is 19.5 Å². The topological polar surface area (TPSA) is 86.8 Å².